The van der Waals surface area contributed by atoms with Crippen LogP contribution in [0.3, 0.4) is 0 Å². The molecule has 1 aliphatic heterocycles. The first-order chi connectivity index (χ1) is 12.3. The number of hydrogen-bond acceptors (Lipinski definition) is 4. The lowest BCUT2D eigenvalue weighted by Crippen LogP contribution is -2.48. The Morgan fingerprint density at radius 3 is 2.31 bits per heavy atom. The summed E-state index contributed by atoms with van der Waals surface area (Å²) in [4.78, 5) is 14.3. The highest BCUT2D eigenvalue weighted by atomic mass is 32.2. The highest BCUT2D eigenvalue weighted by Crippen LogP contribution is 2.22. The summed E-state index contributed by atoms with van der Waals surface area (Å²) in [6, 6.07) is 12.7. The molecule has 6 nitrogen and oxygen atoms in total. The molecule has 0 radical (unpaired) electrons. The number of amides is 1. The number of piperazine rings is 1. The largest absolute Gasteiger partial charge is 0.369 e. The molecule has 138 valence electrons. The second-order valence-electron chi connectivity index (χ2n) is 6.16. The van der Waals surface area contributed by atoms with Gasteiger partial charge >= 0.3 is 0 Å². The smallest absolute Gasteiger partial charge is 0.255 e. The molecule has 26 heavy (non-hydrogen) atoms. The number of carbonyl (C=O) groups is 1. The molecule has 0 aliphatic carbocycles. The fourth-order valence-corrected chi connectivity index (χ4v) is 3.69. The van der Waals surface area contributed by atoms with Crippen molar-refractivity contribution in [2.75, 3.05) is 42.7 Å². The highest BCUT2D eigenvalue weighted by molar-refractivity contribution is 7.88. The molecule has 0 spiro atoms. The topological polar surface area (TPSA) is 69.7 Å². The first kappa shape index (κ1) is 18.3. The minimum atomic E-state index is -3.17. The Hall–Kier alpha value is -2.45. The van der Waals surface area contributed by atoms with Crippen LogP contribution < -0.4 is 10.2 Å². The van der Waals surface area contributed by atoms with E-state index in [9.17, 15) is 17.6 Å². The monoisotopic (exact) mass is 377 g/mol. The van der Waals surface area contributed by atoms with Crippen molar-refractivity contribution in [2.45, 2.75) is 0 Å². The molecule has 0 aromatic heterocycles. The number of carbonyl (C=O) groups excluding carboxylic acids is 1. The third-order valence-electron chi connectivity index (χ3n) is 4.28. The maximum Gasteiger partial charge on any atom is 0.255 e. The van der Waals surface area contributed by atoms with Crippen LogP contribution in [0, 0.1) is 5.82 Å². The Kier molecular flexibility index (Phi) is 5.24. The molecule has 0 atom stereocenters. The number of hydrogen-bond donors (Lipinski definition) is 1. The SMILES string of the molecule is CS(=O)(=O)N1CCN(c2cccc(NC(=O)c3ccc(F)cc3)c2)CC1. The van der Waals surface area contributed by atoms with Crippen molar-refractivity contribution in [1.82, 2.24) is 4.31 Å². The Bertz CT molecular complexity index is 892. The molecular weight excluding hydrogens is 357 g/mol. The third kappa shape index (κ3) is 4.39. The van der Waals surface area contributed by atoms with Crippen LogP contribution in [0.2, 0.25) is 0 Å². The van der Waals surface area contributed by atoms with E-state index in [1.807, 2.05) is 18.2 Å². The lowest BCUT2D eigenvalue weighted by Gasteiger charge is -2.34. The minimum Gasteiger partial charge on any atom is -0.369 e. The van der Waals surface area contributed by atoms with Gasteiger partial charge < -0.3 is 10.2 Å². The molecule has 0 unspecified atom stereocenters. The van der Waals surface area contributed by atoms with Gasteiger partial charge in [0.15, 0.2) is 0 Å². The quantitative estimate of drug-likeness (QED) is 0.887. The zero-order valence-electron chi connectivity index (χ0n) is 14.4. The number of nitrogens with zero attached hydrogens (tertiary/aromatic N) is 2. The molecule has 2 aromatic carbocycles. The standard InChI is InChI=1S/C18H20FN3O3S/c1-26(24,25)22-11-9-21(10-12-22)17-4-2-3-16(13-17)20-18(23)14-5-7-15(19)8-6-14/h2-8,13H,9-12H2,1H3,(H,20,23). The second kappa shape index (κ2) is 7.43. The van der Waals surface area contributed by atoms with E-state index in [-0.39, 0.29) is 5.91 Å². The molecule has 1 saturated heterocycles. The summed E-state index contributed by atoms with van der Waals surface area (Å²) >= 11 is 0. The fourth-order valence-electron chi connectivity index (χ4n) is 2.86. The molecule has 1 aliphatic rings. The van der Waals surface area contributed by atoms with Gasteiger partial charge in [0.25, 0.3) is 5.91 Å². The predicted molar refractivity (Wildman–Crippen MR) is 99.4 cm³/mol. The zero-order valence-corrected chi connectivity index (χ0v) is 15.2. The van der Waals surface area contributed by atoms with Gasteiger partial charge in [0.1, 0.15) is 5.82 Å². The number of nitrogens with one attached hydrogen (secondary N) is 1. The molecule has 1 N–H and O–H groups in total. The third-order valence-corrected chi connectivity index (χ3v) is 5.59. The van der Waals surface area contributed by atoms with Gasteiger partial charge in [-0.25, -0.2) is 12.8 Å². The molecule has 1 fully saturated rings. The zero-order chi connectivity index (χ0) is 18.7. The van der Waals surface area contributed by atoms with Crippen molar-refractivity contribution in [3.05, 3.63) is 59.9 Å². The molecule has 1 amide bonds. The van der Waals surface area contributed by atoms with E-state index in [2.05, 4.69) is 10.2 Å². The van der Waals surface area contributed by atoms with Crippen molar-refractivity contribution >= 4 is 27.3 Å². The minimum absolute atomic E-state index is 0.316. The van der Waals surface area contributed by atoms with E-state index >= 15 is 0 Å². The highest BCUT2D eigenvalue weighted by Gasteiger charge is 2.23. The Morgan fingerprint density at radius 1 is 1.04 bits per heavy atom. The summed E-state index contributed by atoms with van der Waals surface area (Å²) < 4.78 is 37.6. The summed E-state index contributed by atoms with van der Waals surface area (Å²) in [6.07, 6.45) is 1.22. The van der Waals surface area contributed by atoms with Gasteiger partial charge in [-0.1, -0.05) is 6.07 Å². The van der Waals surface area contributed by atoms with Crippen molar-refractivity contribution < 1.29 is 17.6 Å². The van der Waals surface area contributed by atoms with Gasteiger partial charge in [-0.15, -0.1) is 0 Å². The van der Waals surface area contributed by atoms with E-state index < -0.39 is 15.8 Å². The molecule has 8 heteroatoms. The second-order valence-corrected chi connectivity index (χ2v) is 8.14. The summed E-state index contributed by atoms with van der Waals surface area (Å²) in [5.74, 6) is -0.708. The lowest BCUT2D eigenvalue weighted by atomic mass is 10.2. The van der Waals surface area contributed by atoms with E-state index in [1.165, 1.54) is 34.8 Å². The van der Waals surface area contributed by atoms with Gasteiger partial charge in [-0.2, -0.15) is 4.31 Å². The van der Waals surface area contributed by atoms with Gasteiger partial charge in [-0.05, 0) is 42.5 Å². The van der Waals surface area contributed by atoms with Crippen molar-refractivity contribution in [3.8, 4) is 0 Å². The van der Waals surface area contributed by atoms with Crippen LogP contribution in [0.15, 0.2) is 48.5 Å². The van der Waals surface area contributed by atoms with Gasteiger partial charge in [0, 0.05) is 43.1 Å². The number of rotatable bonds is 4. The van der Waals surface area contributed by atoms with E-state index in [0.717, 1.165) is 5.69 Å². The van der Waals surface area contributed by atoms with Crippen LogP contribution >= 0.6 is 0 Å². The van der Waals surface area contributed by atoms with Crippen molar-refractivity contribution in [2.24, 2.45) is 0 Å². The van der Waals surface area contributed by atoms with Crippen LogP contribution in [0.1, 0.15) is 10.4 Å². The van der Waals surface area contributed by atoms with Crippen LogP contribution in [-0.2, 0) is 10.0 Å². The first-order valence-electron chi connectivity index (χ1n) is 8.20. The number of anilines is 2. The average Bonchev–Trinajstić information content (AvgIpc) is 2.62. The molecule has 1 heterocycles. The summed E-state index contributed by atoms with van der Waals surface area (Å²) in [5, 5.41) is 2.80. The van der Waals surface area contributed by atoms with E-state index in [4.69, 9.17) is 0 Å². The summed E-state index contributed by atoms with van der Waals surface area (Å²) in [5.41, 5.74) is 1.91. The van der Waals surface area contributed by atoms with Crippen LogP contribution in [0.5, 0.6) is 0 Å². The van der Waals surface area contributed by atoms with E-state index in [0.29, 0.717) is 37.4 Å². The van der Waals surface area contributed by atoms with Crippen LogP contribution in [0.4, 0.5) is 15.8 Å². The number of halogens is 1. The summed E-state index contributed by atoms with van der Waals surface area (Å²) in [7, 11) is -3.17. The molecule has 2 aromatic rings. The van der Waals surface area contributed by atoms with E-state index in [1.54, 1.807) is 6.07 Å². The average molecular weight is 377 g/mol. The maximum atomic E-state index is 13.0. The van der Waals surface area contributed by atoms with Crippen molar-refractivity contribution in [1.29, 1.82) is 0 Å². The van der Waals surface area contributed by atoms with Crippen LogP contribution in [0.25, 0.3) is 0 Å². The Balaban J connectivity index is 1.67. The van der Waals surface area contributed by atoms with Crippen LogP contribution in [-0.4, -0.2) is 51.1 Å². The molecule has 0 bridgehead atoms. The Morgan fingerprint density at radius 2 is 1.69 bits per heavy atom. The molecule has 0 saturated carbocycles. The van der Waals surface area contributed by atoms with Crippen molar-refractivity contribution in [3.63, 3.8) is 0 Å². The predicted octanol–water partition coefficient (Wildman–Crippen LogP) is 2.16. The van der Waals surface area contributed by atoms with Gasteiger partial charge in [0.2, 0.25) is 10.0 Å². The van der Waals surface area contributed by atoms with Gasteiger partial charge in [-0.3, -0.25) is 4.79 Å². The Labute approximate surface area is 152 Å². The normalized spacial score (nSPS) is 15.7. The maximum absolute atomic E-state index is 13.0. The van der Waals surface area contributed by atoms with Gasteiger partial charge in [0.05, 0.1) is 6.26 Å². The first-order valence-corrected chi connectivity index (χ1v) is 10.0. The lowest BCUT2D eigenvalue weighted by molar-refractivity contribution is 0.102. The molecule has 3 rings (SSSR count). The number of sulfonamides is 1. The number of benzene rings is 2. The molecular formula is C18H20FN3O3S. The summed E-state index contributed by atoms with van der Waals surface area (Å²) in [6.45, 7) is 2.04. The fraction of sp³-hybridized carbons (Fsp3) is 0.278.